The number of nitrogens with zero attached hydrogens (tertiary/aromatic N) is 1. The molecule has 10 heteroatoms. The SMILES string of the molecule is CCCCCCC/C=C\C/C=C\C/C=C\CCCCCCCCCCCCC(=O)OC(COC(=O)CCCCCCCCCCCCCCCCCCCCC)COP(=O)(O)OCC[N+](C)(C)C. The van der Waals surface area contributed by atoms with E-state index in [1.165, 1.54) is 186 Å². The Hall–Kier alpha value is -1.77. The lowest BCUT2D eigenvalue weighted by molar-refractivity contribution is -0.870. The number of rotatable bonds is 53. The molecule has 0 aliphatic heterocycles. The minimum Gasteiger partial charge on any atom is -0.462 e. The van der Waals surface area contributed by atoms with Crippen LogP contribution in [-0.2, 0) is 32.7 Å². The van der Waals surface area contributed by atoms with Crippen molar-refractivity contribution in [1.82, 2.24) is 0 Å². The Bertz CT molecular complexity index is 1250. The third-order valence-electron chi connectivity index (χ3n) is 12.7. The Morgan fingerprint density at radius 3 is 1.18 bits per heavy atom. The fourth-order valence-corrected chi connectivity index (χ4v) is 8.94. The smallest absolute Gasteiger partial charge is 0.462 e. The van der Waals surface area contributed by atoms with Gasteiger partial charge in [0.15, 0.2) is 6.10 Å². The van der Waals surface area contributed by atoms with Crippen molar-refractivity contribution in [2.24, 2.45) is 0 Å². The van der Waals surface area contributed by atoms with E-state index < -0.39 is 26.5 Å². The van der Waals surface area contributed by atoms with E-state index in [-0.39, 0.29) is 25.6 Å². The lowest BCUT2D eigenvalue weighted by Gasteiger charge is -2.24. The van der Waals surface area contributed by atoms with Gasteiger partial charge < -0.3 is 18.9 Å². The van der Waals surface area contributed by atoms with Gasteiger partial charge in [0.1, 0.15) is 19.8 Å². The van der Waals surface area contributed by atoms with Crippen LogP contribution in [0.2, 0.25) is 0 Å². The van der Waals surface area contributed by atoms with Crippen LogP contribution in [0.1, 0.15) is 271 Å². The van der Waals surface area contributed by atoms with Crippen LogP contribution in [0, 0.1) is 0 Å². The van der Waals surface area contributed by atoms with Crippen molar-refractivity contribution in [1.29, 1.82) is 0 Å². The highest BCUT2D eigenvalue weighted by Gasteiger charge is 2.27. The average Bonchev–Trinajstić information content (AvgIpc) is 3.30. The van der Waals surface area contributed by atoms with Gasteiger partial charge in [0, 0.05) is 12.8 Å². The Kier molecular flexibility index (Phi) is 48.9. The first-order valence-electron chi connectivity index (χ1n) is 28.7. The van der Waals surface area contributed by atoms with E-state index in [2.05, 4.69) is 50.3 Å². The van der Waals surface area contributed by atoms with Crippen LogP contribution in [0.5, 0.6) is 0 Å². The number of hydrogen-bond donors (Lipinski definition) is 1. The minimum absolute atomic E-state index is 0.0323. The second-order valence-corrected chi connectivity index (χ2v) is 22.1. The number of unbranched alkanes of at least 4 members (excludes halogenated alkanes) is 33. The van der Waals surface area contributed by atoms with Crippen LogP contribution < -0.4 is 0 Å². The molecular formula is C58H111NO8P+. The molecule has 68 heavy (non-hydrogen) atoms. The third kappa shape index (κ3) is 53.6. The van der Waals surface area contributed by atoms with E-state index in [0.29, 0.717) is 23.9 Å². The predicted molar refractivity (Wildman–Crippen MR) is 289 cm³/mol. The summed E-state index contributed by atoms with van der Waals surface area (Å²) in [5.74, 6) is -0.789. The van der Waals surface area contributed by atoms with Crippen LogP contribution in [0.4, 0.5) is 0 Å². The third-order valence-corrected chi connectivity index (χ3v) is 13.7. The second kappa shape index (κ2) is 50.2. The van der Waals surface area contributed by atoms with E-state index in [1.54, 1.807) is 0 Å². The van der Waals surface area contributed by atoms with Crippen molar-refractivity contribution in [2.75, 3.05) is 47.5 Å². The molecule has 0 heterocycles. The maximum absolute atomic E-state index is 12.8. The van der Waals surface area contributed by atoms with Crippen molar-refractivity contribution >= 4 is 19.8 Å². The number of quaternary nitrogens is 1. The molecule has 2 unspecified atom stereocenters. The minimum atomic E-state index is -4.38. The van der Waals surface area contributed by atoms with Gasteiger partial charge in [-0.05, 0) is 51.4 Å². The lowest BCUT2D eigenvalue weighted by Crippen LogP contribution is -2.37. The van der Waals surface area contributed by atoms with Crippen molar-refractivity contribution in [3.63, 3.8) is 0 Å². The molecule has 0 aromatic carbocycles. The summed E-state index contributed by atoms with van der Waals surface area (Å²) in [6.07, 6.45) is 60.6. The zero-order valence-electron chi connectivity index (χ0n) is 45.4. The monoisotopic (exact) mass is 981 g/mol. The molecule has 0 aromatic heterocycles. The molecule has 0 aliphatic rings. The molecular weight excluding hydrogens is 870 g/mol. The molecule has 0 rings (SSSR count). The lowest BCUT2D eigenvalue weighted by atomic mass is 10.0. The van der Waals surface area contributed by atoms with Gasteiger partial charge >= 0.3 is 19.8 Å². The van der Waals surface area contributed by atoms with Crippen molar-refractivity contribution in [2.45, 2.75) is 277 Å². The fraction of sp³-hybridized carbons (Fsp3) is 0.862. The van der Waals surface area contributed by atoms with E-state index in [4.69, 9.17) is 18.5 Å². The molecule has 0 spiro atoms. The van der Waals surface area contributed by atoms with E-state index in [1.807, 2.05) is 21.1 Å². The highest BCUT2D eigenvalue weighted by Crippen LogP contribution is 2.43. The number of phosphoric acid groups is 1. The van der Waals surface area contributed by atoms with Gasteiger partial charge in [-0.2, -0.15) is 0 Å². The van der Waals surface area contributed by atoms with Gasteiger partial charge in [-0.3, -0.25) is 18.6 Å². The summed E-state index contributed by atoms with van der Waals surface area (Å²) in [5.41, 5.74) is 0. The summed E-state index contributed by atoms with van der Waals surface area (Å²) >= 11 is 0. The molecule has 0 saturated carbocycles. The normalized spacial score (nSPS) is 13.6. The van der Waals surface area contributed by atoms with E-state index in [0.717, 1.165) is 51.4 Å². The topological polar surface area (TPSA) is 108 Å². The van der Waals surface area contributed by atoms with Crippen molar-refractivity contribution < 1.29 is 42.1 Å². The number of esters is 2. The van der Waals surface area contributed by atoms with Gasteiger partial charge in [0.2, 0.25) is 0 Å². The van der Waals surface area contributed by atoms with Gasteiger partial charge in [-0.1, -0.05) is 243 Å². The zero-order chi connectivity index (χ0) is 49.9. The number of hydrogen-bond acceptors (Lipinski definition) is 7. The molecule has 400 valence electrons. The quantitative estimate of drug-likeness (QED) is 0.0211. The molecule has 9 nitrogen and oxygen atoms in total. The maximum Gasteiger partial charge on any atom is 0.472 e. The Labute approximate surface area is 421 Å². The molecule has 0 aliphatic carbocycles. The summed E-state index contributed by atoms with van der Waals surface area (Å²) < 4.78 is 34.6. The van der Waals surface area contributed by atoms with Crippen molar-refractivity contribution in [3.8, 4) is 0 Å². The van der Waals surface area contributed by atoms with Gasteiger partial charge in [0.05, 0.1) is 27.7 Å². The van der Waals surface area contributed by atoms with Crippen LogP contribution in [0.15, 0.2) is 36.5 Å². The highest BCUT2D eigenvalue weighted by molar-refractivity contribution is 7.47. The standard InChI is InChI=1S/C58H110NO8P/c1-6-8-10-12-14-16-18-20-22-24-26-27-28-29-30-31-33-35-37-39-41-43-45-47-49-51-58(61)67-56(55-66-68(62,63)65-53-52-59(3,4)5)54-64-57(60)50-48-46-44-42-40-38-36-34-32-25-23-21-19-17-15-13-11-9-7-2/h18,20,24,26,28-29,56H,6-17,19,21-23,25,27,30-55H2,1-5H3/p+1/b20-18-,26-24-,29-28-. The number of allylic oxidation sites excluding steroid dienone is 6. The molecule has 0 bridgehead atoms. The summed E-state index contributed by atoms with van der Waals surface area (Å²) in [5, 5.41) is 0. The number of carbonyl (C=O) groups is 2. The first-order valence-corrected chi connectivity index (χ1v) is 30.2. The van der Waals surface area contributed by atoms with E-state index in [9.17, 15) is 19.0 Å². The number of carbonyl (C=O) groups excluding carboxylic acids is 2. The van der Waals surface area contributed by atoms with Gasteiger partial charge in [-0.15, -0.1) is 0 Å². The number of ether oxygens (including phenoxy) is 2. The van der Waals surface area contributed by atoms with Gasteiger partial charge in [0.25, 0.3) is 0 Å². The van der Waals surface area contributed by atoms with Crippen LogP contribution in [0.25, 0.3) is 0 Å². The van der Waals surface area contributed by atoms with Gasteiger partial charge in [-0.25, -0.2) is 4.57 Å². The average molecular weight is 981 g/mol. The van der Waals surface area contributed by atoms with Crippen molar-refractivity contribution in [3.05, 3.63) is 36.5 Å². The molecule has 0 amide bonds. The predicted octanol–water partition coefficient (Wildman–Crippen LogP) is 17.6. The Balaban J connectivity index is 4.17. The van der Waals surface area contributed by atoms with E-state index >= 15 is 0 Å². The molecule has 0 saturated heterocycles. The first kappa shape index (κ1) is 66.2. The number of phosphoric ester groups is 1. The molecule has 2 atom stereocenters. The maximum atomic E-state index is 12.8. The second-order valence-electron chi connectivity index (χ2n) is 20.7. The molecule has 0 aromatic rings. The van der Waals surface area contributed by atoms with Crippen LogP contribution in [-0.4, -0.2) is 74.9 Å². The zero-order valence-corrected chi connectivity index (χ0v) is 46.2. The number of likely N-dealkylation sites (N-methyl/N-ethyl adjacent to an activating group) is 1. The largest absolute Gasteiger partial charge is 0.472 e. The molecule has 1 N–H and O–H groups in total. The summed E-state index contributed by atoms with van der Waals surface area (Å²) in [4.78, 5) is 35.7. The van der Waals surface area contributed by atoms with Crippen LogP contribution >= 0.6 is 7.82 Å². The first-order chi connectivity index (χ1) is 33.0. The Morgan fingerprint density at radius 2 is 0.794 bits per heavy atom. The summed E-state index contributed by atoms with van der Waals surface area (Å²) in [6, 6.07) is 0. The summed E-state index contributed by atoms with van der Waals surface area (Å²) in [7, 11) is 1.48. The molecule has 0 radical (unpaired) electrons. The highest BCUT2D eigenvalue weighted by atomic mass is 31.2. The van der Waals surface area contributed by atoms with Crippen LogP contribution in [0.3, 0.4) is 0 Å². The molecule has 0 fully saturated rings. The Morgan fingerprint density at radius 1 is 0.456 bits per heavy atom. The summed E-state index contributed by atoms with van der Waals surface area (Å²) in [6.45, 7) is 4.46. The fourth-order valence-electron chi connectivity index (χ4n) is 8.20.